The number of piperazine rings is 1. The molecule has 0 spiro atoms. The molecule has 3 aliphatic heterocycles. The average Bonchev–Trinajstić information content (AvgIpc) is 3.77. The molecule has 20 heteroatoms. The van der Waals surface area contributed by atoms with Crippen LogP contribution in [0.25, 0.3) is 17.1 Å². The Labute approximate surface area is 330 Å². The highest BCUT2D eigenvalue weighted by Gasteiger charge is 2.41. The van der Waals surface area contributed by atoms with E-state index in [0.717, 1.165) is 36.7 Å². The van der Waals surface area contributed by atoms with E-state index in [9.17, 15) is 37.5 Å². The van der Waals surface area contributed by atoms with Crippen LogP contribution >= 0.6 is 11.6 Å². The number of nitrogens with two attached hydrogens (primary N) is 1. The molecule has 302 valence electrons. The van der Waals surface area contributed by atoms with Gasteiger partial charge in [-0.2, -0.15) is 18.3 Å². The number of hydrogen-bond donors (Lipinski definition) is 3. The van der Waals surface area contributed by atoms with E-state index in [1.807, 2.05) is 4.90 Å². The SMILES string of the molecule is Cn1c(-c2cn(-c3ccc(N)cn3)nc2C(F)(F)F)cnc1C(=O)Nc1ccc(C(=O)N2CCC(C(=O)N3CC[N+](CC(=O)[O-])(CC4CNC4)CC3)CC2)c(Cl)c1. The number of aromatic nitrogens is 5. The molecule has 0 saturated carbocycles. The van der Waals surface area contributed by atoms with Crippen LogP contribution in [0.15, 0.2) is 48.9 Å². The minimum absolute atomic E-state index is 0.0166. The Morgan fingerprint density at radius 1 is 1.02 bits per heavy atom. The molecule has 3 aromatic heterocycles. The first-order valence-electron chi connectivity index (χ1n) is 18.5. The summed E-state index contributed by atoms with van der Waals surface area (Å²) in [6.07, 6.45) is -0.324. The first kappa shape index (κ1) is 39.7. The number of benzene rings is 1. The molecule has 3 saturated heterocycles. The molecule has 0 unspecified atom stereocenters. The molecule has 4 aromatic rings. The van der Waals surface area contributed by atoms with Gasteiger partial charge in [0.05, 0.1) is 78.6 Å². The summed E-state index contributed by atoms with van der Waals surface area (Å²) in [5.74, 6) is -2.07. The maximum absolute atomic E-state index is 14.1. The summed E-state index contributed by atoms with van der Waals surface area (Å²) in [6, 6.07) is 7.25. The number of likely N-dealkylation sites (tertiary alicyclic amines) is 1. The second-order valence-corrected chi connectivity index (χ2v) is 15.3. The highest BCUT2D eigenvalue weighted by molar-refractivity contribution is 6.34. The van der Waals surface area contributed by atoms with Gasteiger partial charge in [0, 0.05) is 56.9 Å². The summed E-state index contributed by atoms with van der Waals surface area (Å²) in [7, 11) is 1.40. The number of aliphatic carboxylic acids is 1. The summed E-state index contributed by atoms with van der Waals surface area (Å²) in [6.45, 7) is 5.16. The Balaban J connectivity index is 0.954. The highest BCUT2D eigenvalue weighted by Crippen LogP contribution is 2.37. The fraction of sp³-hybridized carbons (Fsp3) is 0.432. The number of alkyl halides is 3. The predicted molar refractivity (Wildman–Crippen MR) is 199 cm³/mol. The molecular weight excluding hydrogens is 771 g/mol. The van der Waals surface area contributed by atoms with Crippen molar-refractivity contribution in [1.82, 2.24) is 39.4 Å². The average molecular weight is 812 g/mol. The third-order valence-corrected chi connectivity index (χ3v) is 11.3. The fourth-order valence-corrected chi connectivity index (χ4v) is 8.08. The van der Waals surface area contributed by atoms with Crippen LogP contribution in [-0.4, -0.2) is 128 Å². The van der Waals surface area contributed by atoms with E-state index in [4.69, 9.17) is 17.3 Å². The predicted octanol–water partition coefficient (Wildman–Crippen LogP) is 1.66. The van der Waals surface area contributed by atoms with Crippen LogP contribution < -0.4 is 21.5 Å². The van der Waals surface area contributed by atoms with Gasteiger partial charge in [-0.3, -0.25) is 14.4 Å². The van der Waals surface area contributed by atoms with Crippen LogP contribution in [0, 0.1) is 11.8 Å². The molecule has 3 amide bonds. The van der Waals surface area contributed by atoms with Crippen molar-refractivity contribution in [2.75, 3.05) is 76.5 Å². The zero-order chi connectivity index (χ0) is 40.6. The minimum atomic E-state index is -4.83. The number of nitrogens with zero attached hydrogens (tertiary/aromatic N) is 8. The van der Waals surface area contributed by atoms with Gasteiger partial charge < -0.3 is 45.1 Å². The van der Waals surface area contributed by atoms with Crippen LogP contribution in [-0.2, 0) is 22.8 Å². The van der Waals surface area contributed by atoms with Crippen LogP contribution in [0.4, 0.5) is 24.5 Å². The summed E-state index contributed by atoms with van der Waals surface area (Å²) in [5, 5.41) is 21.2. The monoisotopic (exact) mass is 811 g/mol. The van der Waals surface area contributed by atoms with Gasteiger partial charge in [-0.15, -0.1) is 0 Å². The van der Waals surface area contributed by atoms with Gasteiger partial charge in [-0.1, -0.05) is 11.6 Å². The molecule has 1 aromatic carbocycles. The third-order valence-electron chi connectivity index (χ3n) is 11.0. The quantitative estimate of drug-likeness (QED) is 0.198. The van der Waals surface area contributed by atoms with E-state index in [1.54, 1.807) is 4.90 Å². The van der Waals surface area contributed by atoms with Crippen molar-refractivity contribution in [3.63, 3.8) is 0 Å². The number of carboxylic acid groups (broad SMARTS) is 1. The topological polar surface area (TPSA) is 196 Å². The van der Waals surface area contributed by atoms with E-state index in [1.165, 1.54) is 48.1 Å². The van der Waals surface area contributed by atoms with Gasteiger partial charge in [-0.25, -0.2) is 14.6 Å². The van der Waals surface area contributed by atoms with Crippen molar-refractivity contribution >= 4 is 46.7 Å². The molecule has 0 atom stereocenters. The summed E-state index contributed by atoms with van der Waals surface area (Å²) in [5.41, 5.74) is 4.86. The maximum Gasteiger partial charge on any atom is 0.435 e. The molecule has 0 bridgehead atoms. The van der Waals surface area contributed by atoms with E-state index in [-0.39, 0.29) is 63.5 Å². The van der Waals surface area contributed by atoms with Gasteiger partial charge >= 0.3 is 6.18 Å². The van der Waals surface area contributed by atoms with Crippen LogP contribution in [0.3, 0.4) is 0 Å². The standard InChI is InChI=1S/C37H41ClF3N11O5/c1-48-29(27-19-51(47-32(27)37(39,40)41)30-5-2-24(42)17-44-30)18-45-33(48)34(55)46-25-3-4-26(28(38)14-25)36(57)49-8-6-23(7-9-49)35(56)50-10-12-52(13-11-50,21-31(53)54)20-22-15-43-16-22/h2-5,14,17-19,22-23,43H,6-13,15-16,20-21,42H2,1H3,(H-,46,53,54,55,57). The summed E-state index contributed by atoms with van der Waals surface area (Å²) < 4.78 is 44.8. The number of amides is 3. The van der Waals surface area contributed by atoms with Crippen molar-refractivity contribution in [2.45, 2.75) is 19.0 Å². The van der Waals surface area contributed by atoms with Gasteiger partial charge in [0.2, 0.25) is 5.91 Å². The summed E-state index contributed by atoms with van der Waals surface area (Å²) >= 11 is 6.54. The van der Waals surface area contributed by atoms with Crippen molar-refractivity contribution in [1.29, 1.82) is 0 Å². The highest BCUT2D eigenvalue weighted by atomic mass is 35.5. The molecule has 6 heterocycles. The lowest BCUT2D eigenvalue weighted by atomic mass is 9.94. The van der Waals surface area contributed by atoms with Gasteiger partial charge in [0.1, 0.15) is 6.54 Å². The Bertz CT molecular complexity index is 2170. The number of quaternary nitrogens is 1. The van der Waals surface area contributed by atoms with Crippen molar-refractivity contribution in [3.05, 3.63) is 71.0 Å². The third kappa shape index (κ3) is 8.45. The molecule has 16 nitrogen and oxygen atoms in total. The Hall–Kier alpha value is -5.53. The Kier molecular flexibility index (Phi) is 11.0. The smallest absolute Gasteiger partial charge is 0.435 e. The number of rotatable bonds is 10. The molecule has 0 aliphatic carbocycles. The molecule has 0 radical (unpaired) electrons. The van der Waals surface area contributed by atoms with E-state index >= 15 is 0 Å². The van der Waals surface area contributed by atoms with Crippen molar-refractivity contribution in [2.24, 2.45) is 18.9 Å². The number of pyridine rings is 1. The maximum atomic E-state index is 14.1. The Morgan fingerprint density at radius 2 is 1.74 bits per heavy atom. The van der Waals surface area contributed by atoms with E-state index in [0.29, 0.717) is 68.2 Å². The number of carboxylic acids is 1. The van der Waals surface area contributed by atoms with Crippen LogP contribution in [0.1, 0.15) is 39.5 Å². The molecule has 57 heavy (non-hydrogen) atoms. The molecule has 7 rings (SSSR count). The van der Waals surface area contributed by atoms with Crippen LogP contribution in [0.2, 0.25) is 5.02 Å². The molecule has 3 aliphatic rings. The number of halogens is 4. The number of hydrogen-bond acceptors (Lipinski definition) is 10. The Morgan fingerprint density at radius 3 is 2.33 bits per heavy atom. The molecule has 3 fully saturated rings. The minimum Gasteiger partial charge on any atom is -0.544 e. The second-order valence-electron chi connectivity index (χ2n) is 14.9. The van der Waals surface area contributed by atoms with Gasteiger partial charge in [-0.05, 0) is 43.2 Å². The van der Waals surface area contributed by atoms with Gasteiger partial charge in [0.25, 0.3) is 11.8 Å². The van der Waals surface area contributed by atoms with Gasteiger partial charge in [0.15, 0.2) is 17.3 Å². The summed E-state index contributed by atoms with van der Waals surface area (Å²) in [4.78, 5) is 63.4. The lowest BCUT2D eigenvalue weighted by Gasteiger charge is -2.48. The van der Waals surface area contributed by atoms with E-state index < -0.39 is 23.7 Å². The number of anilines is 2. The first-order valence-corrected chi connectivity index (χ1v) is 18.8. The number of imidazole rings is 1. The zero-order valence-electron chi connectivity index (χ0n) is 31.0. The number of piperidine rings is 1. The lowest BCUT2D eigenvalue weighted by Crippen LogP contribution is -2.67. The number of nitrogens with one attached hydrogen (secondary N) is 2. The van der Waals surface area contributed by atoms with E-state index in [2.05, 4.69) is 25.7 Å². The fourth-order valence-electron chi connectivity index (χ4n) is 7.82. The normalized spacial score (nSPS) is 17.6. The largest absolute Gasteiger partial charge is 0.544 e. The zero-order valence-corrected chi connectivity index (χ0v) is 31.7. The lowest BCUT2D eigenvalue weighted by molar-refractivity contribution is -0.929. The number of carbonyl (C=O) groups is 4. The number of carbonyl (C=O) groups excluding carboxylic acids is 4. The number of nitrogen functional groups attached to an aromatic ring is 1. The van der Waals surface area contributed by atoms with Crippen molar-refractivity contribution < 1.29 is 41.9 Å². The van der Waals surface area contributed by atoms with Crippen LogP contribution in [0.5, 0.6) is 0 Å². The molecular formula is C37H41ClF3N11O5. The van der Waals surface area contributed by atoms with Crippen molar-refractivity contribution in [3.8, 4) is 17.1 Å². The second kappa shape index (κ2) is 15.8. The first-order chi connectivity index (χ1) is 27.1. The molecule has 4 N–H and O–H groups in total.